The molecule has 124 valence electrons. The van der Waals surface area contributed by atoms with Crippen molar-refractivity contribution in [1.29, 1.82) is 0 Å². The van der Waals surface area contributed by atoms with Crippen LogP contribution in [-0.2, 0) is 5.41 Å². The van der Waals surface area contributed by atoms with Crippen LogP contribution in [-0.4, -0.2) is 14.7 Å². The van der Waals surface area contributed by atoms with E-state index in [4.69, 9.17) is 11.6 Å². The number of rotatable bonds is 1. The summed E-state index contributed by atoms with van der Waals surface area (Å²) in [5.41, 5.74) is -0.464. The molecule has 6 heteroatoms. The van der Waals surface area contributed by atoms with Gasteiger partial charge in [0.05, 0.1) is 21.6 Å². The van der Waals surface area contributed by atoms with Crippen LogP contribution in [0.15, 0.2) is 41.2 Å². The van der Waals surface area contributed by atoms with Gasteiger partial charge in [-0.3, -0.25) is 9.36 Å². The van der Waals surface area contributed by atoms with Crippen LogP contribution in [0, 0.1) is 5.82 Å². The van der Waals surface area contributed by atoms with E-state index in [9.17, 15) is 14.3 Å². The first-order chi connectivity index (χ1) is 11.2. The lowest BCUT2D eigenvalue weighted by Gasteiger charge is -2.24. The van der Waals surface area contributed by atoms with Gasteiger partial charge in [0.25, 0.3) is 5.56 Å². The van der Waals surface area contributed by atoms with E-state index in [0.29, 0.717) is 11.3 Å². The number of nitrogens with zero attached hydrogens (tertiary/aromatic N) is 2. The molecule has 0 bridgehead atoms. The number of benzene rings is 2. The van der Waals surface area contributed by atoms with E-state index in [1.54, 1.807) is 18.2 Å². The molecule has 0 fully saturated rings. The van der Waals surface area contributed by atoms with Gasteiger partial charge in [0.1, 0.15) is 5.82 Å². The van der Waals surface area contributed by atoms with Crippen LogP contribution in [0.4, 0.5) is 4.39 Å². The molecular weight excluding hydrogens is 331 g/mol. The number of hydrogen-bond acceptors (Lipinski definition) is 3. The summed E-state index contributed by atoms with van der Waals surface area (Å²) in [7, 11) is 0. The molecular formula is C18H16ClFN2O2. The average Bonchev–Trinajstić information content (AvgIpc) is 2.49. The molecule has 4 nitrogen and oxygen atoms in total. The summed E-state index contributed by atoms with van der Waals surface area (Å²) in [4.78, 5) is 17.6. The molecule has 0 amide bonds. The minimum atomic E-state index is -0.807. The Morgan fingerprint density at radius 1 is 1.17 bits per heavy atom. The summed E-state index contributed by atoms with van der Waals surface area (Å²) >= 11 is 6.17. The number of aromatic nitrogens is 2. The van der Waals surface area contributed by atoms with Crippen molar-refractivity contribution >= 4 is 22.5 Å². The molecule has 0 atom stereocenters. The second kappa shape index (κ2) is 5.60. The van der Waals surface area contributed by atoms with Crippen molar-refractivity contribution in [2.45, 2.75) is 26.2 Å². The van der Waals surface area contributed by atoms with Gasteiger partial charge in [0.2, 0.25) is 0 Å². The molecule has 3 aromatic rings. The first-order valence-corrected chi connectivity index (χ1v) is 7.79. The van der Waals surface area contributed by atoms with Crippen molar-refractivity contribution in [3.05, 3.63) is 63.4 Å². The summed E-state index contributed by atoms with van der Waals surface area (Å²) in [5, 5.41) is 10.6. The molecule has 0 spiro atoms. The van der Waals surface area contributed by atoms with Gasteiger partial charge in [0, 0.05) is 5.41 Å². The van der Waals surface area contributed by atoms with Gasteiger partial charge in [-0.05, 0) is 24.3 Å². The monoisotopic (exact) mass is 346 g/mol. The molecule has 0 aliphatic heterocycles. The highest BCUT2D eigenvalue weighted by molar-refractivity contribution is 6.35. The van der Waals surface area contributed by atoms with Crippen LogP contribution >= 0.6 is 11.6 Å². The third-order valence-corrected chi connectivity index (χ3v) is 4.04. The highest BCUT2D eigenvalue weighted by Crippen LogP contribution is 2.30. The Hall–Kier alpha value is -2.40. The standard InChI is InChI=1S/C18H16ClFN2O2/c1-18(2,3)17-21-12-8-4-6-10(19)14(12)16(24)22(17)13-9-5-7-11(20)15(13)23/h4-9,23H,1-3H3. The Morgan fingerprint density at radius 3 is 2.50 bits per heavy atom. The fourth-order valence-corrected chi connectivity index (χ4v) is 2.85. The second-order valence-electron chi connectivity index (χ2n) is 6.57. The molecule has 0 radical (unpaired) electrons. The zero-order valence-corrected chi connectivity index (χ0v) is 14.2. The van der Waals surface area contributed by atoms with E-state index in [1.807, 2.05) is 20.8 Å². The Morgan fingerprint density at radius 2 is 1.83 bits per heavy atom. The molecule has 1 N–H and O–H groups in total. The predicted molar refractivity (Wildman–Crippen MR) is 92.7 cm³/mol. The van der Waals surface area contributed by atoms with Crippen molar-refractivity contribution < 1.29 is 9.50 Å². The van der Waals surface area contributed by atoms with Gasteiger partial charge >= 0.3 is 0 Å². The smallest absolute Gasteiger partial charge is 0.267 e. The zero-order valence-electron chi connectivity index (χ0n) is 13.5. The summed E-state index contributed by atoms with van der Waals surface area (Å²) in [6.07, 6.45) is 0. The molecule has 2 aromatic carbocycles. The second-order valence-corrected chi connectivity index (χ2v) is 6.97. The molecule has 0 aliphatic carbocycles. The third-order valence-electron chi connectivity index (χ3n) is 3.72. The molecule has 24 heavy (non-hydrogen) atoms. The van der Waals surface area contributed by atoms with E-state index in [-0.39, 0.29) is 16.1 Å². The summed E-state index contributed by atoms with van der Waals surface area (Å²) < 4.78 is 15.0. The SMILES string of the molecule is CC(C)(C)c1nc2cccc(Cl)c2c(=O)n1-c1cccc(F)c1O. The number of fused-ring (bicyclic) bond motifs is 1. The minimum absolute atomic E-state index is 0.0410. The topological polar surface area (TPSA) is 55.1 Å². The van der Waals surface area contributed by atoms with E-state index >= 15 is 0 Å². The largest absolute Gasteiger partial charge is 0.503 e. The quantitative estimate of drug-likeness (QED) is 0.719. The lowest BCUT2D eigenvalue weighted by molar-refractivity contribution is 0.426. The molecule has 0 saturated carbocycles. The zero-order chi connectivity index (χ0) is 17.6. The van der Waals surface area contributed by atoms with Crippen LogP contribution in [0.5, 0.6) is 5.75 Å². The van der Waals surface area contributed by atoms with Crippen molar-refractivity contribution in [3.63, 3.8) is 0 Å². The van der Waals surface area contributed by atoms with E-state index < -0.39 is 22.5 Å². The summed E-state index contributed by atoms with van der Waals surface area (Å²) in [5.74, 6) is -1.00. The van der Waals surface area contributed by atoms with Gasteiger partial charge in [-0.1, -0.05) is 44.5 Å². The van der Waals surface area contributed by atoms with Crippen LogP contribution < -0.4 is 5.56 Å². The minimum Gasteiger partial charge on any atom is -0.503 e. The maximum absolute atomic E-state index is 13.8. The van der Waals surface area contributed by atoms with Gasteiger partial charge in [-0.2, -0.15) is 0 Å². The Bertz CT molecular complexity index is 1010. The molecule has 1 aromatic heterocycles. The number of hydrogen-bond donors (Lipinski definition) is 1. The molecule has 0 unspecified atom stereocenters. The summed E-state index contributed by atoms with van der Waals surface area (Å²) in [6, 6.07) is 9.04. The van der Waals surface area contributed by atoms with Crippen LogP contribution in [0.1, 0.15) is 26.6 Å². The molecule has 3 rings (SSSR count). The fourth-order valence-electron chi connectivity index (χ4n) is 2.60. The van der Waals surface area contributed by atoms with Gasteiger partial charge < -0.3 is 5.11 Å². The van der Waals surface area contributed by atoms with Crippen LogP contribution in [0.3, 0.4) is 0 Å². The highest BCUT2D eigenvalue weighted by Gasteiger charge is 2.26. The molecule has 0 aliphatic rings. The van der Waals surface area contributed by atoms with Crippen molar-refractivity contribution in [1.82, 2.24) is 9.55 Å². The van der Waals surface area contributed by atoms with Crippen LogP contribution in [0.2, 0.25) is 5.02 Å². The third kappa shape index (κ3) is 2.55. The van der Waals surface area contributed by atoms with Gasteiger partial charge in [0.15, 0.2) is 11.6 Å². The highest BCUT2D eigenvalue weighted by atomic mass is 35.5. The predicted octanol–water partition coefficient (Wildman–Crippen LogP) is 4.18. The lowest BCUT2D eigenvalue weighted by atomic mass is 9.94. The molecule has 1 heterocycles. The fraction of sp³-hybridized carbons (Fsp3) is 0.222. The number of phenolic OH excluding ortho intramolecular Hbond substituents is 1. The normalized spacial score (nSPS) is 11.9. The number of para-hydroxylation sites is 1. The first-order valence-electron chi connectivity index (χ1n) is 7.41. The number of phenols is 1. The maximum atomic E-state index is 13.8. The lowest BCUT2D eigenvalue weighted by Crippen LogP contribution is -2.30. The molecule has 0 saturated heterocycles. The maximum Gasteiger partial charge on any atom is 0.267 e. The number of aromatic hydroxyl groups is 1. The van der Waals surface area contributed by atoms with Crippen LogP contribution in [0.25, 0.3) is 16.6 Å². The Balaban J connectivity index is 2.54. The van der Waals surface area contributed by atoms with E-state index in [2.05, 4.69) is 4.98 Å². The Labute approximate surface area is 143 Å². The van der Waals surface area contributed by atoms with Crippen molar-refractivity contribution in [2.24, 2.45) is 0 Å². The first kappa shape index (κ1) is 16.5. The van der Waals surface area contributed by atoms with Gasteiger partial charge in [-0.25, -0.2) is 9.37 Å². The Kier molecular flexibility index (Phi) is 3.84. The van der Waals surface area contributed by atoms with E-state index in [1.165, 1.54) is 16.7 Å². The van der Waals surface area contributed by atoms with Gasteiger partial charge in [-0.15, -0.1) is 0 Å². The van der Waals surface area contributed by atoms with E-state index in [0.717, 1.165) is 6.07 Å². The number of halogens is 2. The average molecular weight is 347 g/mol. The summed E-state index contributed by atoms with van der Waals surface area (Å²) in [6.45, 7) is 5.66. The van der Waals surface area contributed by atoms with Crippen molar-refractivity contribution in [2.75, 3.05) is 0 Å². The van der Waals surface area contributed by atoms with Crippen molar-refractivity contribution in [3.8, 4) is 11.4 Å².